The van der Waals surface area contributed by atoms with Crippen LogP contribution in [-0.2, 0) is 4.79 Å². The number of anilines is 1. The lowest BCUT2D eigenvalue weighted by atomic mass is 10.0. The summed E-state index contributed by atoms with van der Waals surface area (Å²) in [5.74, 6) is 0.418. The maximum atomic E-state index is 12.8. The predicted octanol–water partition coefficient (Wildman–Crippen LogP) is 3.82. The van der Waals surface area contributed by atoms with Crippen molar-refractivity contribution in [2.24, 2.45) is 5.10 Å². The highest BCUT2D eigenvalue weighted by molar-refractivity contribution is 6.04. The fraction of sp³-hybridized carbons (Fsp3) is 0.150. The molecule has 0 saturated heterocycles. The van der Waals surface area contributed by atoms with Crippen LogP contribution in [-0.4, -0.2) is 22.5 Å². The molecule has 3 heterocycles. The zero-order valence-corrected chi connectivity index (χ0v) is 14.6. The Morgan fingerprint density at radius 3 is 2.44 bits per heavy atom. The molecule has 7 nitrogen and oxygen atoms in total. The van der Waals surface area contributed by atoms with Crippen molar-refractivity contribution in [1.29, 1.82) is 0 Å². The van der Waals surface area contributed by atoms with E-state index in [9.17, 15) is 9.59 Å². The van der Waals surface area contributed by atoms with Gasteiger partial charge in [-0.2, -0.15) is 5.10 Å². The van der Waals surface area contributed by atoms with E-state index in [-0.39, 0.29) is 23.6 Å². The van der Waals surface area contributed by atoms with Gasteiger partial charge in [-0.25, -0.2) is 5.01 Å². The molecule has 4 rings (SSSR count). The predicted molar refractivity (Wildman–Crippen MR) is 98.2 cm³/mol. The highest BCUT2D eigenvalue weighted by Crippen LogP contribution is 2.34. The van der Waals surface area contributed by atoms with Gasteiger partial charge in [0, 0.05) is 19.0 Å². The van der Waals surface area contributed by atoms with Gasteiger partial charge in [-0.1, -0.05) is 12.1 Å². The monoisotopic (exact) mass is 363 g/mol. The Morgan fingerprint density at radius 1 is 1.07 bits per heavy atom. The third kappa shape index (κ3) is 3.39. The minimum atomic E-state index is -0.345. The first kappa shape index (κ1) is 16.8. The number of benzene rings is 1. The van der Waals surface area contributed by atoms with Crippen LogP contribution in [0.25, 0.3) is 0 Å². The van der Waals surface area contributed by atoms with Crippen LogP contribution in [0.2, 0.25) is 0 Å². The summed E-state index contributed by atoms with van der Waals surface area (Å²) in [5, 5.41) is 8.66. The van der Waals surface area contributed by atoms with Crippen molar-refractivity contribution in [1.82, 2.24) is 5.01 Å². The summed E-state index contributed by atoms with van der Waals surface area (Å²) < 4.78 is 10.8. The largest absolute Gasteiger partial charge is 0.467 e. The lowest BCUT2D eigenvalue weighted by molar-refractivity contribution is -0.114. The highest BCUT2D eigenvalue weighted by Gasteiger charge is 2.36. The molecule has 0 bridgehead atoms. The van der Waals surface area contributed by atoms with Crippen LogP contribution in [0.3, 0.4) is 0 Å². The summed E-state index contributed by atoms with van der Waals surface area (Å²) in [6, 6.07) is 13.9. The fourth-order valence-corrected chi connectivity index (χ4v) is 3.04. The molecule has 136 valence electrons. The number of hydrogen-bond acceptors (Lipinski definition) is 5. The molecular weight excluding hydrogens is 346 g/mol. The summed E-state index contributed by atoms with van der Waals surface area (Å²) in [5.41, 5.74) is 2.33. The zero-order chi connectivity index (χ0) is 18.8. The molecule has 1 N–H and O–H groups in total. The van der Waals surface area contributed by atoms with Crippen LogP contribution < -0.4 is 5.32 Å². The van der Waals surface area contributed by atoms with Gasteiger partial charge >= 0.3 is 5.91 Å². The van der Waals surface area contributed by atoms with Gasteiger partial charge in [0.1, 0.15) is 11.8 Å². The number of furan rings is 2. The van der Waals surface area contributed by atoms with Crippen molar-refractivity contribution < 1.29 is 18.4 Å². The third-order valence-electron chi connectivity index (χ3n) is 4.26. The first-order valence-corrected chi connectivity index (χ1v) is 8.48. The van der Waals surface area contributed by atoms with Crippen molar-refractivity contribution in [3.8, 4) is 0 Å². The number of rotatable bonds is 4. The fourth-order valence-electron chi connectivity index (χ4n) is 3.04. The Kier molecular flexibility index (Phi) is 4.33. The molecule has 1 aliphatic heterocycles. The Balaban J connectivity index is 1.64. The number of hydrogen-bond donors (Lipinski definition) is 1. The molecule has 1 unspecified atom stereocenters. The van der Waals surface area contributed by atoms with Crippen LogP contribution in [0.5, 0.6) is 0 Å². The lowest BCUT2D eigenvalue weighted by Crippen LogP contribution is -2.26. The van der Waals surface area contributed by atoms with E-state index in [0.717, 1.165) is 11.3 Å². The molecule has 0 spiro atoms. The van der Waals surface area contributed by atoms with Crippen LogP contribution in [0.4, 0.5) is 5.69 Å². The van der Waals surface area contributed by atoms with Crippen molar-refractivity contribution in [2.45, 2.75) is 19.4 Å². The van der Waals surface area contributed by atoms with Crippen molar-refractivity contribution in [3.05, 3.63) is 78.1 Å². The second kappa shape index (κ2) is 6.95. The number of carbonyl (C=O) groups is 2. The number of carbonyl (C=O) groups excluding carboxylic acids is 2. The van der Waals surface area contributed by atoms with Gasteiger partial charge < -0.3 is 14.2 Å². The molecule has 2 aromatic heterocycles. The SMILES string of the molecule is CC(=O)Nc1ccc(C2=NN(C(=O)c3ccco3)C(c3ccco3)C2)cc1. The van der Waals surface area contributed by atoms with Gasteiger partial charge in [-0.05, 0) is 42.0 Å². The average molecular weight is 363 g/mol. The minimum absolute atomic E-state index is 0.131. The maximum Gasteiger partial charge on any atom is 0.310 e. The summed E-state index contributed by atoms with van der Waals surface area (Å²) in [7, 11) is 0. The number of hydrazone groups is 1. The smallest absolute Gasteiger partial charge is 0.310 e. The van der Waals surface area contributed by atoms with E-state index in [2.05, 4.69) is 10.4 Å². The highest BCUT2D eigenvalue weighted by atomic mass is 16.3. The molecule has 0 fully saturated rings. The summed E-state index contributed by atoms with van der Waals surface area (Å²) in [6.07, 6.45) is 3.54. The summed E-state index contributed by atoms with van der Waals surface area (Å²) in [6.45, 7) is 1.46. The third-order valence-corrected chi connectivity index (χ3v) is 4.26. The van der Waals surface area contributed by atoms with Crippen molar-refractivity contribution >= 4 is 23.2 Å². The van der Waals surface area contributed by atoms with E-state index < -0.39 is 0 Å². The van der Waals surface area contributed by atoms with Gasteiger partial charge in [0.25, 0.3) is 0 Å². The lowest BCUT2D eigenvalue weighted by Gasteiger charge is -2.18. The van der Waals surface area contributed by atoms with Crippen LogP contribution >= 0.6 is 0 Å². The van der Waals surface area contributed by atoms with E-state index in [1.54, 1.807) is 36.6 Å². The quantitative estimate of drug-likeness (QED) is 0.763. The van der Waals surface area contributed by atoms with Crippen LogP contribution in [0.15, 0.2) is 75.0 Å². The van der Waals surface area contributed by atoms with Gasteiger partial charge in [-0.15, -0.1) is 0 Å². The second-order valence-corrected chi connectivity index (χ2v) is 6.17. The van der Waals surface area contributed by atoms with Crippen molar-refractivity contribution in [3.63, 3.8) is 0 Å². The molecular formula is C20H17N3O4. The molecule has 1 atom stereocenters. The second-order valence-electron chi connectivity index (χ2n) is 6.17. The van der Waals surface area contributed by atoms with E-state index in [4.69, 9.17) is 8.83 Å². The Morgan fingerprint density at radius 2 is 1.81 bits per heavy atom. The van der Waals surface area contributed by atoms with Gasteiger partial charge in [-0.3, -0.25) is 9.59 Å². The topological polar surface area (TPSA) is 88.0 Å². The molecule has 1 aromatic carbocycles. The summed E-state index contributed by atoms with van der Waals surface area (Å²) in [4.78, 5) is 24.0. The minimum Gasteiger partial charge on any atom is -0.467 e. The Labute approximate surface area is 155 Å². The molecule has 7 heteroatoms. The normalized spacial score (nSPS) is 16.3. The number of amides is 2. The first-order chi connectivity index (χ1) is 13.1. The van der Waals surface area contributed by atoms with Gasteiger partial charge in [0.05, 0.1) is 18.2 Å². The first-order valence-electron chi connectivity index (χ1n) is 8.48. The standard InChI is InChI=1S/C20H17N3O4/c1-13(24)21-15-8-6-14(7-9-15)16-12-17(18-4-2-10-26-18)23(22-16)20(25)19-5-3-11-27-19/h2-11,17H,12H2,1H3,(H,21,24). The molecule has 0 radical (unpaired) electrons. The molecule has 0 saturated carbocycles. The Hall–Kier alpha value is -3.61. The number of nitrogens with zero attached hydrogens (tertiary/aromatic N) is 2. The molecule has 1 aliphatic rings. The molecule has 2 amide bonds. The van der Waals surface area contributed by atoms with E-state index in [1.807, 2.05) is 18.2 Å². The van der Waals surface area contributed by atoms with Crippen molar-refractivity contribution in [2.75, 3.05) is 5.32 Å². The van der Waals surface area contributed by atoms with E-state index >= 15 is 0 Å². The van der Waals surface area contributed by atoms with E-state index in [1.165, 1.54) is 18.2 Å². The zero-order valence-electron chi connectivity index (χ0n) is 14.6. The molecule has 0 aliphatic carbocycles. The molecule has 3 aromatic rings. The van der Waals surface area contributed by atoms with Crippen LogP contribution in [0.1, 0.15) is 41.3 Å². The Bertz CT molecular complexity index is 973. The van der Waals surface area contributed by atoms with E-state index in [0.29, 0.717) is 17.9 Å². The van der Waals surface area contributed by atoms with Gasteiger partial charge in [0.15, 0.2) is 5.76 Å². The number of nitrogens with one attached hydrogen (secondary N) is 1. The summed E-state index contributed by atoms with van der Waals surface area (Å²) >= 11 is 0. The maximum absolute atomic E-state index is 12.8. The van der Waals surface area contributed by atoms with Gasteiger partial charge in [0.2, 0.25) is 5.91 Å². The molecule has 27 heavy (non-hydrogen) atoms. The van der Waals surface area contributed by atoms with Crippen LogP contribution in [0, 0.1) is 0 Å². The average Bonchev–Trinajstić information content (AvgIpc) is 3.41.